The van der Waals surface area contributed by atoms with Gasteiger partial charge in [-0.2, -0.15) is 0 Å². The molecule has 0 atom stereocenters. The maximum absolute atomic E-state index is 12.6. The Morgan fingerprint density at radius 2 is 1.85 bits per heavy atom. The molecule has 26 heavy (non-hydrogen) atoms. The molecule has 0 unspecified atom stereocenters. The van der Waals surface area contributed by atoms with E-state index in [2.05, 4.69) is 15.9 Å². The van der Waals surface area contributed by atoms with Crippen molar-refractivity contribution in [2.45, 2.75) is 6.42 Å². The first-order valence-electron chi connectivity index (χ1n) is 8.17. The van der Waals surface area contributed by atoms with Gasteiger partial charge in [0.05, 0.1) is 14.2 Å². The summed E-state index contributed by atoms with van der Waals surface area (Å²) < 4.78 is 17.2. The summed E-state index contributed by atoms with van der Waals surface area (Å²) in [5, 5.41) is 0.899. The van der Waals surface area contributed by atoms with Crippen molar-refractivity contribution >= 4 is 32.8 Å². The monoisotopic (exact) mass is 417 g/mol. The van der Waals surface area contributed by atoms with Crippen molar-refractivity contribution in [1.29, 1.82) is 0 Å². The Morgan fingerprint density at radius 3 is 2.58 bits per heavy atom. The summed E-state index contributed by atoms with van der Waals surface area (Å²) in [5.74, 6) is 1.57. The molecule has 0 spiro atoms. The summed E-state index contributed by atoms with van der Waals surface area (Å²) in [6, 6.07) is 13.2. The third-order valence-electron chi connectivity index (χ3n) is 4.22. The number of hydrogen-bond acceptors (Lipinski definition) is 4. The molecule has 0 fully saturated rings. The molecule has 0 N–H and O–H groups in total. The molecule has 0 saturated heterocycles. The van der Waals surface area contributed by atoms with Crippen molar-refractivity contribution < 1.29 is 18.7 Å². The Morgan fingerprint density at radius 1 is 1.08 bits per heavy atom. The van der Waals surface area contributed by atoms with E-state index < -0.39 is 0 Å². The molecule has 2 aromatic carbocycles. The highest BCUT2D eigenvalue weighted by molar-refractivity contribution is 9.10. The summed E-state index contributed by atoms with van der Waals surface area (Å²) in [7, 11) is 4.99. The molecule has 3 rings (SSSR count). The first-order chi connectivity index (χ1) is 12.5. The Labute approximate surface area is 160 Å². The maximum atomic E-state index is 12.6. The number of carbonyl (C=O) groups excluding carboxylic acids is 1. The molecule has 0 aliphatic heterocycles. The van der Waals surface area contributed by atoms with Crippen LogP contribution in [-0.2, 0) is 6.42 Å². The van der Waals surface area contributed by atoms with Gasteiger partial charge in [-0.3, -0.25) is 4.79 Å². The molecular formula is C20H20BrNO4. The maximum Gasteiger partial charge on any atom is 0.289 e. The number of ether oxygens (including phenoxy) is 2. The van der Waals surface area contributed by atoms with Crippen LogP contribution in [0.3, 0.4) is 0 Å². The molecule has 136 valence electrons. The number of hydrogen-bond donors (Lipinski definition) is 0. The van der Waals surface area contributed by atoms with Gasteiger partial charge < -0.3 is 18.8 Å². The lowest BCUT2D eigenvalue weighted by Gasteiger charge is -2.16. The summed E-state index contributed by atoms with van der Waals surface area (Å²) in [5.41, 5.74) is 1.76. The molecule has 0 bridgehead atoms. The van der Waals surface area contributed by atoms with Crippen molar-refractivity contribution in [3.05, 3.63) is 58.3 Å². The van der Waals surface area contributed by atoms with E-state index in [1.54, 1.807) is 32.2 Å². The molecule has 0 saturated carbocycles. The van der Waals surface area contributed by atoms with Crippen LogP contribution in [0.2, 0.25) is 0 Å². The average Bonchev–Trinajstić information content (AvgIpc) is 3.08. The van der Waals surface area contributed by atoms with Crippen LogP contribution < -0.4 is 9.47 Å². The fourth-order valence-electron chi connectivity index (χ4n) is 2.74. The fraction of sp³-hybridized carbons (Fsp3) is 0.250. The number of furan rings is 1. The molecular weight excluding hydrogens is 398 g/mol. The molecule has 0 radical (unpaired) electrons. The normalized spacial score (nSPS) is 10.8. The highest BCUT2D eigenvalue weighted by atomic mass is 79.9. The molecule has 1 amide bonds. The smallest absolute Gasteiger partial charge is 0.289 e. The van der Waals surface area contributed by atoms with Crippen LogP contribution in [0.15, 0.2) is 51.4 Å². The second kappa shape index (κ2) is 7.83. The number of benzene rings is 2. The van der Waals surface area contributed by atoms with Gasteiger partial charge in [0, 0.05) is 23.5 Å². The Bertz CT molecular complexity index is 935. The number of halogens is 1. The van der Waals surface area contributed by atoms with Gasteiger partial charge in [0.25, 0.3) is 5.91 Å². The summed E-state index contributed by atoms with van der Waals surface area (Å²) in [6.45, 7) is 0.565. The molecule has 1 aromatic heterocycles. The molecule has 3 aromatic rings. The minimum absolute atomic E-state index is 0.141. The number of nitrogens with zero attached hydrogens (tertiary/aromatic N) is 1. The number of fused-ring (bicyclic) bond motifs is 1. The number of likely N-dealkylation sites (N-methyl/N-ethyl adjacent to an activating group) is 1. The molecule has 0 aliphatic carbocycles. The number of rotatable bonds is 6. The number of amides is 1. The van der Waals surface area contributed by atoms with Gasteiger partial charge in [0.2, 0.25) is 0 Å². The van der Waals surface area contributed by atoms with Gasteiger partial charge in [-0.15, -0.1) is 0 Å². The van der Waals surface area contributed by atoms with E-state index in [0.29, 0.717) is 35.8 Å². The lowest BCUT2D eigenvalue weighted by atomic mass is 10.1. The number of carbonyl (C=O) groups is 1. The van der Waals surface area contributed by atoms with E-state index in [1.807, 2.05) is 36.4 Å². The van der Waals surface area contributed by atoms with Gasteiger partial charge in [-0.05, 0) is 48.4 Å². The van der Waals surface area contributed by atoms with E-state index in [4.69, 9.17) is 13.9 Å². The Balaban J connectivity index is 1.68. The quantitative estimate of drug-likeness (QED) is 0.591. The topological polar surface area (TPSA) is 51.9 Å². The zero-order valence-corrected chi connectivity index (χ0v) is 16.5. The van der Waals surface area contributed by atoms with Gasteiger partial charge in [-0.1, -0.05) is 22.0 Å². The van der Waals surface area contributed by atoms with Crippen LogP contribution >= 0.6 is 15.9 Å². The zero-order valence-electron chi connectivity index (χ0n) is 14.9. The Hall–Kier alpha value is -2.47. The summed E-state index contributed by atoms with van der Waals surface area (Å²) >= 11 is 3.42. The molecule has 1 heterocycles. The predicted molar refractivity (Wildman–Crippen MR) is 104 cm³/mol. The van der Waals surface area contributed by atoms with Crippen LogP contribution in [0.1, 0.15) is 16.1 Å². The van der Waals surface area contributed by atoms with Gasteiger partial charge in [0.15, 0.2) is 17.3 Å². The average molecular weight is 418 g/mol. The summed E-state index contributed by atoms with van der Waals surface area (Å²) in [6.07, 6.45) is 0.703. The fourth-order valence-corrected chi connectivity index (χ4v) is 3.12. The highest BCUT2D eigenvalue weighted by Gasteiger charge is 2.17. The van der Waals surface area contributed by atoms with E-state index in [0.717, 1.165) is 15.4 Å². The number of methoxy groups -OCH3 is 2. The van der Waals surface area contributed by atoms with E-state index in [1.165, 1.54) is 0 Å². The van der Waals surface area contributed by atoms with E-state index in [-0.39, 0.29) is 5.91 Å². The lowest BCUT2D eigenvalue weighted by Crippen LogP contribution is -2.28. The van der Waals surface area contributed by atoms with E-state index >= 15 is 0 Å². The van der Waals surface area contributed by atoms with Crippen molar-refractivity contribution in [3.8, 4) is 11.5 Å². The third-order valence-corrected chi connectivity index (χ3v) is 4.71. The largest absolute Gasteiger partial charge is 0.493 e. The second-order valence-corrected chi connectivity index (χ2v) is 6.87. The third kappa shape index (κ3) is 3.85. The first-order valence-corrected chi connectivity index (χ1v) is 8.96. The predicted octanol–water partition coefficient (Wildman–Crippen LogP) is 4.53. The lowest BCUT2D eigenvalue weighted by molar-refractivity contribution is 0.0767. The van der Waals surface area contributed by atoms with Crippen LogP contribution in [0.5, 0.6) is 11.5 Å². The molecule has 0 aliphatic rings. The van der Waals surface area contributed by atoms with Crippen LogP contribution in [0.25, 0.3) is 11.0 Å². The van der Waals surface area contributed by atoms with Crippen LogP contribution in [-0.4, -0.2) is 38.6 Å². The van der Waals surface area contributed by atoms with Crippen LogP contribution in [0.4, 0.5) is 0 Å². The minimum atomic E-state index is -0.141. The molecule has 5 nitrogen and oxygen atoms in total. The SMILES string of the molecule is COc1ccc(CCN(C)C(=O)c2cc3cc(Br)ccc3o2)cc1OC. The van der Waals surface area contributed by atoms with Crippen molar-refractivity contribution in [1.82, 2.24) is 4.90 Å². The molecule has 6 heteroatoms. The van der Waals surface area contributed by atoms with Crippen molar-refractivity contribution in [3.63, 3.8) is 0 Å². The highest BCUT2D eigenvalue weighted by Crippen LogP contribution is 2.28. The van der Waals surface area contributed by atoms with E-state index in [9.17, 15) is 4.79 Å². The van der Waals surface area contributed by atoms with Crippen molar-refractivity contribution in [2.75, 3.05) is 27.8 Å². The summed E-state index contributed by atoms with van der Waals surface area (Å²) in [4.78, 5) is 14.3. The standard InChI is InChI=1S/C20H20BrNO4/c1-22(9-8-13-4-6-17(24-2)18(10-13)25-3)20(23)19-12-14-11-15(21)5-7-16(14)26-19/h4-7,10-12H,8-9H2,1-3H3. The zero-order chi connectivity index (χ0) is 18.7. The minimum Gasteiger partial charge on any atom is -0.493 e. The van der Waals surface area contributed by atoms with Gasteiger partial charge in [-0.25, -0.2) is 0 Å². The van der Waals surface area contributed by atoms with Gasteiger partial charge >= 0.3 is 0 Å². The Kier molecular flexibility index (Phi) is 5.52. The first kappa shape index (κ1) is 18.3. The van der Waals surface area contributed by atoms with Crippen molar-refractivity contribution in [2.24, 2.45) is 0 Å². The van der Waals surface area contributed by atoms with Crippen LogP contribution in [0, 0.1) is 0 Å². The van der Waals surface area contributed by atoms with Gasteiger partial charge in [0.1, 0.15) is 5.58 Å². The second-order valence-electron chi connectivity index (χ2n) is 5.96.